The van der Waals surface area contributed by atoms with Crippen LogP contribution in [0, 0.1) is 0 Å². The quantitative estimate of drug-likeness (QED) is 0.504. The number of nitrogens with zero attached hydrogens (tertiary/aromatic N) is 2. The Morgan fingerprint density at radius 2 is 2.36 bits per heavy atom. The molecule has 1 spiro atoms. The molecular weight excluding hydrogens is 136 g/mol. The molecule has 1 heterocycles. The Bertz CT molecular complexity index is 240. The molecule has 2 aliphatic rings. The molecule has 0 amide bonds. The van der Waals surface area contributed by atoms with Gasteiger partial charge in [-0.3, -0.25) is 9.89 Å². The number of likely N-dealkylation sites (N-methyl/N-ethyl adjacent to an activating group) is 1. The molecule has 1 aliphatic heterocycles. The molecule has 0 aromatic carbocycles. The van der Waals surface area contributed by atoms with Crippen LogP contribution in [0.3, 0.4) is 0 Å². The van der Waals surface area contributed by atoms with E-state index < -0.39 is 0 Å². The van der Waals surface area contributed by atoms with E-state index >= 15 is 0 Å². The molecule has 0 saturated heterocycles. The van der Waals surface area contributed by atoms with Gasteiger partial charge in [0.15, 0.2) is 0 Å². The molecule has 1 aliphatic carbocycles. The summed E-state index contributed by atoms with van der Waals surface area (Å²) >= 11 is 0. The SMILES string of the molecule is CN1CN=CC12C=CC=CC2. The van der Waals surface area contributed by atoms with Gasteiger partial charge in [0.25, 0.3) is 0 Å². The normalized spacial score (nSPS) is 35.7. The molecule has 0 aromatic rings. The lowest BCUT2D eigenvalue weighted by atomic mass is 9.92. The molecule has 0 bridgehead atoms. The van der Waals surface area contributed by atoms with E-state index in [0.29, 0.717) is 0 Å². The zero-order chi connectivity index (χ0) is 7.73. The minimum atomic E-state index is 0.106. The molecule has 1 unspecified atom stereocenters. The smallest absolute Gasteiger partial charge is 0.0913 e. The average Bonchev–Trinajstić information content (AvgIpc) is 2.36. The molecule has 1 atom stereocenters. The summed E-state index contributed by atoms with van der Waals surface area (Å²) in [7, 11) is 2.11. The molecule has 0 saturated carbocycles. The van der Waals surface area contributed by atoms with Gasteiger partial charge in [-0.05, 0) is 13.5 Å². The predicted molar refractivity (Wildman–Crippen MR) is 46.8 cm³/mol. The third kappa shape index (κ3) is 0.942. The topological polar surface area (TPSA) is 15.6 Å². The van der Waals surface area contributed by atoms with Crippen LogP contribution in [-0.2, 0) is 0 Å². The molecule has 0 N–H and O–H groups in total. The van der Waals surface area contributed by atoms with Gasteiger partial charge in [-0.25, -0.2) is 0 Å². The third-order valence-corrected chi connectivity index (χ3v) is 2.40. The molecule has 58 valence electrons. The van der Waals surface area contributed by atoms with Crippen molar-refractivity contribution in [3.8, 4) is 0 Å². The summed E-state index contributed by atoms with van der Waals surface area (Å²) in [6.45, 7) is 0.832. The van der Waals surface area contributed by atoms with Crippen molar-refractivity contribution in [3.63, 3.8) is 0 Å². The van der Waals surface area contributed by atoms with Crippen LogP contribution in [-0.4, -0.2) is 30.4 Å². The summed E-state index contributed by atoms with van der Waals surface area (Å²) in [5.41, 5.74) is 0.106. The first-order valence-corrected chi connectivity index (χ1v) is 3.90. The lowest BCUT2D eigenvalue weighted by Gasteiger charge is -2.31. The van der Waals surface area contributed by atoms with E-state index in [0.717, 1.165) is 13.1 Å². The van der Waals surface area contributed by atoms with Crippen molar-refractivity contribution in [2.75, 3.05) is 13.7 Å². The molecule has 0 fully saturated rings. The molecule has 11 heavy (non-hydrogen) atoms. The van der Waals surface area contributed by atoms with Crippen molar-refractivity contribution < 1.29 is 0 Å². The van der Waals surface area contributed by atoms with Crippen molar-refractivity contribution >= 4 is 6.21 Å². The van der Waals surface area contributed by atoms with Gasteiger partial charge in [-0.2, -0.15) is 0 Å². The number of hydrogen-bond acceptors (Lipinski definition) is 2. The summed E-state index contributed by atoms with van der Waals surface area (Å²) in [5, 5.41) is 0. The fourth-order valence-electron chi connectivity index (χ4n) is 1.56. The summed E-state index contributed by atoms with van der Waals surface area (Å²) < 4.78 is 0. The Morgan fingerprint density at radius 1 is 1.45 bits per heavy atom. The van der Waals surface area contributed by atoms with Crippen molar-refractivity contribution in [2.45, 2.75) is 12.0 Å². The second kappa shape index (κ2) is 2.31. The van der Waals surface area contributed by atoms with Crippen LogP contribution in [0.1, 0.15) is 6.42 Å². The van der Waals surface area contributed by atoms with Gasteiger partial charge in [0, 0.05) is 6.21 Å². The molecular formula is C9H12N2. The maximum atomic E-state index is 4.26. The molecule has 2 nitrogen and oxygen atoms in total. The first-order valence-electron chi connectivity index (χ1n) is 3.90. The third-order valence-electron chi connectivity index (χ3n) is 2.40. The first-order chi connectivity index (χ1) is 5.33. The van der Waals surface area contributed by atoms with Crippen LogP contribution in [0.25, 0.3) is 0 Å². The van der Waals surface area contributed by atoms with Crippen LogP contribution in [0.2, 0.25) is 0 Å². The Morgan fingerprint density at radius 3 is 2.91 bits per heavy atom. The van der Waals surface area contributed by atoms with Crippen molar-refractivity contribution in [1.29, 1.82) is 0 Å². The van der Waals surface area contributed by atoms with Crippen LogP contribution < -0.4 is 0 Å². The lowest BCUT2D eigenvalue weighted by Crippen LogP contribution is -2.42. The van der Waals surface area contributed by atoms with Crippen molar-refractivity contribution in [3.05, 3.63) is 24.3 Å². The Balaban J connectivity index is 2.28. The van der Waals surface area contributed by atoms with E-state index in [9.17, 15) is 0 Å². The summed E-state index contributed by atoms with van der Waals surface area (Å²) in [6, 6.07) is 0. The highest BCUT2D eigenvalue weighted by Crippen LogP contribution is 2.25. The van der Waals surface area contributed by atoms with Crippen molar-refractivity contribution in [1.82, 2.24) is 4.90 Å². The van der Waals surface area contributed by atoms with Gasteiger partial charge in [0.2, 0.25) is 0 Å². The van der Waals surface area contributed by atoms with Gasteiger partial charge >= 0.3 is 0 Å². The summed E-state index contributed by atoms with van der Waals surface area (Å²) in [4.78, 5) is 6.51. The first kappa shape index (κ1) is 6.80. The van der Waals surface area contributed by atoms with E-state index in [-0.39, 0.29) is 5.54 Å². The molecule has 2 heteroatoms. The standard InChI is InChI=1S/C9H12N2/c1-11-8-10-7-9(11)5-3-2-4-6-9/h2-5,7H,6,8H2,1H3. The van der Waals surface area contributed by atoms with E-state index in [2.05, 4.69) is 41.2 Å². The minimum Gasteiger partial charge on any atom is -0.280 e. The average molecular weight is 148 g/mol. The van der Waals surface area contributed by atoms with E-state index in [1.807, 2.05) is 6.21 Å². The lowest BCUT2D eigenvalue weighted by molar-refractivity contribution is 0.268. The maximum absolute atomic E-state index is 4.26. The van der Waals surface area contributed by atoms with E-state index in [4.69, 9.17) is 0 Å². The Labute approximate surface area is 66.9 Å². The zero-order valence-corrected chi connectivity index (χ0v) is 6.70. The Kier molecular flexibility index (Phi) is 1.43. The maximum Gasteiger partial charge on any atom is 0.0913 e. The number of rotatable bonds is 0. The number of aliphatic imine (C=N–C) groups is 1. The van der Waals surface area contributed by atoms with E-state index in [1.54, 1.807) is 0 Å². The highest BCUT2D eigenvalue weighted by atomic mass is 15.3. The molecule has 0 radical (unpaired) electrons. The van der Waals surface area contributed by atoms with Gasteiger partial charge in [0.1, 0.15) is 0 Å². The minimum absolute atomic E-state index is 0.106. The van der Waals surface area contributed by atoms with Crippen molar-refractivity contribution in [2.24, 2.45) is 4.99 Å². The predicted octanol–water partition coefficient (Wildman–Crippen LogP) is 1.22. The second-order valence-electron chi connectivity index (χ2n) is 3.13. The molecule has 0 aromatic heterocycles. The van der Waals surface area contributed by atoms with Gasteiger partial charge in [-0.1, -0.05) is 24.3 Å². The number of hydrogen-bond donors (Lipinski definition) is 0. The van der Waals surface area contributed by atoms with Gasteiger partial charge < -0.3 is 0 Å². The highest BCUT2D eigenvalue weighted by molar-refractivity contribution is 5.76. The van der Waals surface area contributed by atoms with E-state index in [1.165, 1.54) is 0 Å². The number of allylic oxidation sites excluding steroid dienone is 2. The summed E-state index contributed by atoms with van der Waals surface area (Å²) in [6.07, 6.45) is 11.7. The Hall–Kier alpha value is -0.890. The zero-order valence-electron chi connectivity index (χ0n) is 6.70. The monoisotopic (exact) mass is 148 g/mol. The fourth-order valence-corrected chi connectivity index (χ4v) is 1.56. The van der Waals surface area contributed by atoms with Gasteiger partial charge in [-0.15, -0.1) is 0 Å². The van der Waals surface area contributed by atoms with Crippen LogP contribution in [0.5, 0.6) is 0 Å². The summed E-state index contributed by atoms with van der Waals surface area (Å²) in [5.74, 6) is 0. The highest BCUT2D eigenvalue weighted by Gasteiger charge is 2.32. The largest absolute Gasteiger partial charge is 0.280 e. The molecule has 2 rings (SSSR count). The second-order valence-corrected chi connectivity index (χ2v) is 3.13. The van der Waals surface area contributed by atoms with Crippen LogP contribution >= 0.6 is 0 Å². The van der Waals surface area contributed by atoms with Gasteiger partial charge in [0.05, 0.1) is 12.2 Å². The van der Waals surface area contributed by atoms with Crippen LogP contribution in [0.15, 0.2) is 29.3 Å². The van der Waals surface area contributed by atoms with Crippen LogP contribution in [0.4, 0.5) is 0 Å². The fraction of sp³-hybridized carbons (Fsp3) is 0.444.